The monoisotopic (exact) mass is 298 g/mol. The van der Waals surface area contributed by atoms with Gasteiger partial charge in [-0.05, 0) is 42.5 Å². The predicted molar refractivity (Wildman–Crippen MR) is 80.7 cm³/mol. The van der Waals surface area contributed by atoms with Crippen molar-refractivity contribution in [2.24, 2.45) is 5.73 Å². The average Bonchev–Trinajstić information content (AvgIpc) is 2.54. The lowest BCUT2D eigenvalue weighted by Gasteiger charge is -2.07. The molecule has 3 N–H and O–H groups in total. The largest absolute Gasteiger partial charge is 0.465 e. The number of amides is 2. The molecule has 0 spiro atoms. The summed E-state index contributed by atoms with van der Waals surface area (Å²) in [5.74, 6) is -1.40. The molecule has 0 radical (unpaired) electrons. The molecule has 6 nitrogen and oxygen atoms in total. The molecule has 2 aromatic rings. The van der Waals surface area contributed by atoms with Gasteiger partial charge >= 0.3 is 5.97 Å². The van der Waals surface area contributed by atoms with Crippen LogP contribution in [0.2, 0.25) is 0 Å². The van der Waals surface area contributed by atoms with Gasteiger partial charge in [-0.1, -0.05) is 6.07 Å². The first-order chi connectivity index (χ1) is 10.5. The van der Waals surface area contributed by atoms with Crippen LogP contribution in [0.5, 0.6) is 0 Å². The summed E-state index contributed by atoms with van der Waals surface area (Å²) in [7, 11) is 1.29. The third kappa shape index (κ3) is 3.49. The maximum Gasteiger partial charge on any atom is 0.337 e. The summed E-state index contributed by atoms with van der Waals surface area (Å²) < 4.78 is 4.62. The number of nitrogens with two attached hydrogens (primary N) is 1. The number of rotatable bonds is 4. The van der Waals surface area contributed by atoms with Gasteiger partial charge in [-0.15, -0.1) is 0 Å². The third-order valence-corrected chi connectivity index (χ3v) is 2.97. The molecule has 0 heterocycles. The average molecular weight is 298 g/mol. The SMILES string of the molecule is COC(=O)c1cccc(NC(=O)c2ccc(C(N)=O)cc2)c1. The van der Waals surface area contributed by atoms with Gasteiger partial charge in [-0.3, -0.25) is 9.59 Å². The van der Waals surface area contributed by atoms with E-state index in [9.17, 15) is 14.4 Å². The Morgan fingerprint density at radius 2 is 1.59 bits per heavy atom. The fourth-order valence-corrected chi connectivity index (χ4v) is 1.83. The van der Waals surface area contributed by atoms with Crippen LogP contribution in [0.3, 0.4) is 0 Å². The van der Waals surface area contributed by atoms with E-state index in [4.69, 9.17) is 5.73 Å². The van der Waals surface area contributed by atoms with Gasteiger partial charge in [0.15, 0.2) is 0 Å². The molecule has 0 bridgehead atoms. The number of carbonyl (C=O) groups is 3. The van der Waals surface area contributed by atoms with Crippen LogP contribution in [-0.4, -0.2) is 24.9 Å². The molecule has 0 fully saturated rings. The van der Waals surface area contributed by atoms with Crippen LogP contribution >= 0.6 is 0 Å². The lowest BCUT2D eigenvalue weighted by atomic mass is 10.1. The summed E-state index contributed by atoms with van der Waals surface area (Å²) in [5.41, 5.74) is 6.63. The fraction of sp³-hybridized carbons (Fsp3) is 0.0625. The first-order valence-electron chi connectivity index (χ1n) is 6.41. The van der Waals surface area contributed by atoms with Crippen molar-refractivity contribution in [3.05, 3.63) is 65.2 Å². The molecule has 22 heavy (non-hydrogen) atoms. The lowest BCUT2D eigenvalue weighted by Crippen LogP contribution is -2.14. The van der Waals surface area contributed by atoms with Gasteiger partial charge in [0.1, 0.15) is 0 Å². The van der Waals surface area contributed by atoms with Crippen LogP contribution in [0, 0.1) is 0 Å². The van der Waals surface area contributed by atoms with E-state index in [-0.39, 0.29) is 5.91 Å². The Morgan fingerprint density at radius 1 is 0.955 bits per heavy atom. The highest BCUT2D eigenvalue weighted by Crippen LogP contribution is 2.13. The van der Waals surface area contributed by atoms with Crippen LogP contribution < -0.4 is 11.1 Å². The van der Waals surface area contributed by atoms with Crippen molar-refractivity contribution < 1.29 is 19.1 Å². The van der Waals surface area contributed by atoms with Gasteiger partial charge in [0, 0.05) is 16.8 Å². The fourth-order valence-electron chi connectivity index (χ4n) is 1.83. The van der Waals surface area contributed by atoms with Crippen molar-refractivity contribution in [3.8, 4) is 0 Å². The van der Waals surface area contributed by atoms with E-state index < -0.39 is 11.9 Å². The number of benzene rings is 2. The molecule has 2 aromatic carbocycles. The first kappa shape index (κ1) is 15.2. The molecule has 2 amide bonds. The van der Waals surface area contributed by atoms with Crippen LogP contribution in [0.4, 0.5) is 5.69 Å². The predicted octanol–water partition coefficient (Wildman–Crippen LogP) is 1.82. The van der Waals surface area contributed by atoms with E-state index in [1.807, 2.05) is 0 Å². The number of ether oxygens (including phenoxy) is 1. The van der Waals surface area contributed by atoms with Gasteiger partial charge in [-0.2, -0.15) is 0 Å². The van der Waals surface area contributed by atoms with Gasteiger partial charge < -0.3 is 15.8 Å². The van der Waals surface area contributed by atoms with E-state index in [0.29, 0.717) is 22.4 Å². The number of anilines is 1. The Hall–Kier alpha value is -3.15. The molecule has 0 saturated heterocycles. The van der Waals surface area contributed by atoms with E-state index in [1.165, 1.54) is 37.4 Å². The second-order valence-corrected chi connectivity index (χ2v) is 4.47. The first-order valence-corrected chi connectivity index (χ1v) is 6.41. The molecule has 0 aliphatic carbocycles. The van der Waals surface area contributed by atoms with Crippen molar-refractivity contribution >= 4 is 23.5 Å². The second-order valence-electron chi connectivity index (χ2n) is 4.47. The zero-order valence-electron chi connectivity index (χ0n) is 11.8. The molecule has 0 aliphatic rings. The molecule has 0 saturated carbocycles. The van der Waals surface area contributed by atoms with Crippen LogP contribution in [0.1, 0.15) is 31.1 Å². The van der Waals surface area contributed by atoms with Crippen LogP contribution in [0.15, 0.2) is 48.5 Å². The molecule has 2 rings (SSSR count). The van der Waals surface area contributed by atoms with Crippen LogP contribution in [0.25, 0.3) is 0 Å². The Bertz CT molecular complexity index is 723. The molecule has 0 atom stereocenters. The highest BCUT2D eigenvalue weighted by Gasteiger charge is 2.10. The minimum atomic E-state index is -0.558. The smallest absolute Gasteiger partial charge is 0.337 e. The molecule has 0 aliphatic heterocycles. The molecule has 0 unspecified atom stereocenters. The summed E-state index contributed by atoms with van der Waals surface area (Å²) in [5, 5.41) is 2.66. The summed E-state index contributed by atoms with van der Waals surface area (Å²) in [4.78, 5) is 34.5. The van der Waals surface area contributed by atoms with Gasteiger partial charge in [0.05, 0.1) is 12.7 Å². The number of methoxy groups -OCH3 is 1. The zero-order chi connectivity index (χ0) is 16.1. The van der Waals surface area contributed by atoms with E-state index in [1.54, 1.807) is 18.2 Å². The minimum absolute atomic E-state index is 0.323. The van der Waals surface area contributed by atoms with Crippen molar-refractivity contribution in [2.75, 3.05) is 12.4 Å². The topological polar surface area (TPSA) is 98.5 Å². The number of nitrogens with one attached hydrogen (secondary N) is 1. The summed E-state index contributed by atoms with van der Waals surface area (Å²) in [6.45, 7) is 0. The number of hydrogen-bond donors (Lipinski definition) is 2. The maximum atomic E-state index is 12.1. The second kappa shape index (κ2) is 6.53. The zero-order valence-corrected chi connectivity index (χ0v) is 11.8. The Balaban J connectivity index is 2.14. The number of primary amides is 1. The van der Waals surface area contributed by atoms with Gasteiger partial charge in [0.25, 0.3) is 5.91 Å². The standard InChI is InChI=1S/C16H14N2O4/c1-22-16(21)12-3-2-4-13(9-12)18-15(20)11-7-5-10(6-8-11)14(17)19/h2-9H,1H3,(H2,17,19)(H,18,20). The van der Waals surface area contributed by atoms with Crippen molar-refractivity contribution in [1.29, 1.82) is 0 Å². The Labute approximate surface area is 126 Å². The van der Waals surface area contributed by atoms with E-state index in [0.717, 1.165) is 0 Å². The lowest BCUT2D eigenvalue weighted by molar-refractivity contribution is 0.0600. The highest BCUT2D eigenvalue weighted by atomic mass is 16.5. The van der Waals surface area contributed by atoms with Gasteiger partial charge in [-0.25, -0.2) is 4.79 Å². The number of carbonyl (C=O) groups excluding carboxylic acids is 3. The van der Waals surface area contributed by atoms with Crippen molar-refractivity contribution in [3.63, 3.8) is 0 Å². The molecule has 112 valence electrons. The summed E-state index contributed by atoms with van der Waals surface area (Å²) in [6.07, 6.45) is 0. The van der Waals surface area contributed by atoms with Gasteiger partial charge in [0.2, 0.25) is 5.91 Å². The number of hydrogen-bond acceptors (Lipinski definition) is 4. The molecular weight excluding hydrogens is 284 g/mol. The number of esters is 1. The normalized spacial score (nSPS) is 9.86. The maximum absolute atomic E-state index is 12.1. The summed E-state index contributed by atoms with van der Waals surface area (Å²) in [6, 6.07) is 12.3. The molecule has 0 aromatic heterocycles. The van der Waals surface area contributed by atoms with E-state index >= 15 is 0 Å². The Kier molecular flexibility index (Phi) is 4.53. The summed E-state index contributed by atoms with van der Waals surface area (Å²) >= 11 is 0. The van der Waals surface area contributed by atoms with Crippen LogP contribution in [-0.2, 0) is 4.74 Å². The van der Waals surface area contributed by atoms with E-state index in [2.05, 4.69) is 10.1 Å². The molecule has 6 heteroatoms. The highest BCUT2D eigenvalue weighted by molar-refractivity contribution is 6.05. The minimum Gasteiger partial charge on any atom is -0.465 e. The van der Waals surface area contributed by atoms with Crippen molar-refractivity contribution in [2.45, 2.75) is 0 Å². The third-order valence-electron chi connectivity index (χ3n) is 2.97. The quantitative estimate of drug-likeness (QED) is 0.841. The molecular formula is C16H14N2O4. The Morgan fingerprint density at radius 3 is 2.18 bits per heavy atom. The van der Waals surface area contributed by atoms with Crippen molar-refractivity contribution in [1.82, 2.24) is 0 Å².